The van der Waals surface area contributed by atoms with Gasteiger partial charge in [-0.15, -0.1) is 0 Å². The first kappa shape index (κ1) is 16.2. The van der Waals surface area contributed by atoms with Gasteiger partial charge in [0.15, 0.2) is 0 Å². The van der Waals surface area contributed by atoms with Gasteiger partial charge in [-0.2, -0.15) is 0 Å². The molecule has 2 amide bonds. The summed E-state index contributed by atoms with van der Waals surface area (Å²) in [6.45, 7) is 0. The molecule has 0 atom stereocenters. The summed E-state index contributed by atoms with van der Waals surface area (Å²) in [5.41, 5.74) is 2.21. The van der Waals surface area contributed by atoms with E-state index in [9.17, 15) is 9.59 Å². The second-order valence-corrected chi connectivity index (χ2v) is 6.04. The van der Waals surface area contributed by atoms with Crippen molar-refractivity contribution in [2.24, 2.45) is 0 Å². The van der Waals surface area contributed by atoms with Crippen LogP contribution in [0.15, 0.2) is 53.0 Å². The average Bonchev–Trinajstić information content (AvgIpc) is 2.49. The summed E-state index contributed by atoms with van der Waals surface area (Å²) in [6.07, 6.45) is 0.355. The molecule has 0 bridgehead atoms. The van der Waals surface area contributed by atoms with Gasteiger partial charge in [0.05, 0.1) is 6.42 Å². The highest BCUT2D eigenvalue weighted by atomic mass is 79.9. The molecule has 0 unspecified atom stereocenters. The summed E-state index contributed by atoms with van der Waals surface area (Å²) in [6, 6.07) is 14.4. The number of rotatable bonds is 4. The largest absolute Gasteiger partial charge is 0.349 e. The molecule has 0 saturated heterocycles. The van der Waals surface area contributed by atoms with Crippen LogP contribution in [0.25, 0.3) is 0 Å². The van der Waals surface area contributed by atoms with Crippen molar-refractivity contribution in [1.82, 2.24) is 4.90 Å². The monoisotopic (exact) mass is 360 g/mol. The molecule has 2 aromatic carbocycles. The molecular weight excluding hydrogens is 344 g/mol. The predicted octanol–water partition coefficient (Wildman–Crippen LogP) is 3.33. The zero-order chi connectivity index (χ0) is 16.1. The van der Waals surface area contributed by atoms with Crippen molar-refractivity contribution in [3.8, 4) is 0 Å². The van der Waals surface area contributed by atoms with Crippen molar-refractivity contribution in [2.75, 3.05) is 19.4 Å². The summed E-state index contributed by atoms with van der Waals surface area (Å²) < 4.78 is 0.930. The maximum absolute atomic E-state index is 12.1. The third-order valence-corrected chi connectivity index (χ3v) is 3.70. The summed E-state index contributed by atoms with van der Waals surface area (Å²) in [5, 5.41) is 2.83. The molecule has 2 rings (SSSR count). The van der Waals surface area contributed by atoms with Crippen LogP contribution in [0.4, 0.5) is 5.69 Å². The summed E-state index contributed by atoms with van der Waals surface area (Å²) >= 11 is 3.34. The fourth-order valence-corrected chi connectivity index (χ4v) is 2.11. The van der Waals surface area contributed by atoms with Crippen LogP contribution in [0.5, 0.6) is 0 Å². The van der Waals surface area contributed by atoms with E-state index >= 15 is 0 Å². The summed E-state index contributed by atoms with van der Waals surface area (Å²) in [5.74, 6) is -0.115. The van der Waals surface area contributed by atoms with Crippen molar-refractivity contribution < 1.29 is 9.59 Å². The number of benzene rings is 2. The van der Waals surface area contributed by atoms with E-state index in [1.165, 1.54) is 0 Å². The Labute approximate surface area is 138 Å². The third-order valence-electron chi connectivity index (χ3n) is 3.17. The fourth-order valence-electron chi connectivity index (χ4n) is 1.84. The van der Waals surface area contributed by atoms with Crippen LogP contribution in [-0.4, -0.2) is 30.8 Å². The van der Waals surface area contributed by atoms with Crippen molar-refractivity contribution in [1.29, 1.82) is 0 Å². The number of carbonyl (C=O) groups excluding carboxylic acids is 2. The van der Waals surface area contributed by atoms with Crippen molar-refractivity contribution in [3.63, 3.8) is 0 Å². The first-order valence-corrected chi connectivity index (χ1v) is 7.61. The van der Waals surface area contributed by atoms with Crippen LogP contribution in [-0.2, 0) is 11.2 Å². The topological polar surface area (TPSA) is 49.4 Å². The number of likely N-dealkylation sites (N-methyl/N-ethyl adjacent to an activating group) is 1. The van der Waals surface area contributed by atoms with Crippen LogP contribution in [0, 0.1) is 0 Å². The number of nitrogens with one attached hydrogen (secondary N) is 1. The predicted molar refractivity (Wildman–Crippen MR) is 90.9 cm³/mol. The van der Waals surface area contributed by atoms with Gasteiger partial charge in [-0.1, -0.05) is 28.1 Å². The van der Waals surface area contributed by atoms with E-state index in [0.717, 1.165) is 10.0 Å². The highest BCUT2D eigenvalue weighted by molar-refractivity contribution is 9.10. The van der Waals surface area contributed by atoms with Gasteiger partial charge in [0.25, 0.3) is 5.91 Å². The van der Waals surface area contributed by atoms with Gasteiger partial charge < -0.3 is 10.2 Å². The number of hydrogen-bond donors (Lipinski definition) is 1. The van der Waals surface area contributed by atoms with Gasteiger partial charge in [-0.25, -0.2) is 0 Å². The minimum atomic E-state index is -0.162. The Bertz CT molecular complexity index is 664. The van der Waals surface area contributed by atoms with Gasteiger partial charge in [0.1, 0.15) is 0 Å². The van der Waals surface area contributed by atoms with Gasteiger partial charge in [-0.3, -0.25) is 9.59 Å². The SMILES string of the molecule is CN(C)C(=O)Cc1ccc(NC(=O)c2ccc(Br)cc2)cc1. The molecule has 0 aliphatic carbocycles. The van der Waals surface area contributed by atoms with Crippen LogP contribution in [0.2, 0.25) is 0 Å². The Balaban J connectivity index is 2.00. The highest BCUT2D eigenvalue weighted by Gasteiger charge is 2.08. The first-order chi connectivity index (χ1) is 10.5. The standard InChI is InChI=1S/C17H17BrN2O2/c1-20(2)16(21)11-12-3-9-15(10-4-12)19-17(22)13-5-7-14(18)8-6-13/h3-10H,11H2,1-2H3,(H,19,22). The lowest BCUT2D eigenvalue weighted by Crippen LogP contribution is -2.23. The molecule has 0 heterocycles. The zero-order valence-electron chi connectivity index (χ0n) is 12.5. The number of halogens is 1. The van der Waals surface area contributed by atoms with Crippen LogP contribution in [0.3, 0.4) is 0 Å². The second-order valence-electron chi connectivity index (χ2n) is 5.12. The van der Waals surface area contributed by atoms with Crippen molar-refractivity contribution in [2.45, 2.75) is 6.42 Å². The molecule has 0 fully saturated rings. The molecular formula is C17H17BrN2O2. The van der Waals surface area contributed by atoms with E-state index in [0.29, 0.717) is 17.7 Å². The maximum Gasteiger partial charge on any atom is 0.255 e. The summed E-state index contributed by atoms with van der Waals surface area (Å²) in [4.78, 5) is 25.3. The van der Waals surface area contributed by atoms with Gasteiger partial charge >= 0.3 is 0 Å². The van der Waals surface area contributed by atoms with Crippen LogP contribution >= 0.6 is 15.9 Å². The lowest BCUT2D eigenvalue weighted by Gasteiger charge is -2.10. The number of carbonyl (C=O) groups is 2. The minimum absolute atomic E-state index is 0.0478. The molecule has 114 valence electrons. The number of anilines is 1. The number of amides is 2. The molecule has 0 aliphatic rings. The highest BCUT2D eigenvalue weighted by Crippen LogP contribution is 2.14. The Kier molecular flexibility index (Phi) is 5.33. The van der Waals surface area contributed by atoms with Gasteiger partial charge in [0.2, 0.25) is 5.91 Å². The van der Waals surface area contributed by atoms with Crippen LogP contribution < -0.4 is 5.32 Å². The molecule has 0 aliphatic heterocycles. The Morgan fingerprint density at radius 1 is 1.00 bits per heavy atom. The number of hydrogen-bond acceptors (Lipinski definition) is 2. The van der Waals surface area contributed by atoms with E-state index in [4.69, 9.17) is 0 Å². The molecule has 0 aromatic heterocycles. The Hall–Kier alpha value is -2.14. The Morgan fingerprint density at radius 2 is 1.59 bits per heavy atom. The molecule has 1 N–H and O–H groups in total. The molecule has 0 spiro atoms. The van der Waals surface area contributed by atoms with Gasteiger partial charge in [0, 0.05) is 29.8 Å². The van der Waals surface area contributed by atoms with Crippen LogP contribution in [0.1, 0.15) is 15.9 Å². The Morgan fingerprint density at radius 3 is 2.14 bits per heavy atom. The smallest absolute Gasteiger partial charge is 0.255 e. The van der Waals surface area contributed by atoms with E-state index in [2.05, 4.69) is 21.2 Å². The normalized spacial score (nSPS) is 10.1. The van der Waals surface area contributed by atoms with E-state index in [-0.39, 0.29) is 11.8 Å². The molecule has 4 nitrogen and oxygen atoms in total. The minimum Gasteiger partial charge on any atom is -0.349 e. The van der Waals surface area contributed by atoms with E-state index < -0.39 is 0 Å². The van der Waals surface area contributed by atoms with E-state index in [1.54, 1.807) is 43.3 Å². The van der Waals surface area contributed by atoms with E-state index in [1.807, 2.05) is 24.3 Å². The fraction of sp³-hybridized carbons (Fsp3) is 0.176. The van der Waals surface area contributed by atoms with Crippen molar-refractivity contribution >= 4 is 33.4 Å². The summed E-state index contributed by atoms with van der Waals surface area (Å²) in [7, 11) is 3.46. The molecule has 2 aromatic rings. The molecule has 22 heavy (non-hydrogen) atoms. The first-order valence-electron chi connectivity index (χ1n) is 6.82. The zero-order valence-corrected chi connectivity index (χ0v) is 14.1. The quantitative estimate of drug-likeness (QED) is 0.908. The third kappa shape index (κ3) is 4.43. The maximum atomic E-state index is 12.1. The second kappa shape index (κ2) is 7.22. The number of nitrogens with zero attached hydrogens (tertiary/aromatic N) is 1. The average molecular weight is 361 g/mol. The lowest BCUT2D eigenvalue weighted by atomic mass is 10.1. The van der Waals surface area contributed by atoms with Crippen molar-refractivity contribution in [3.05, 3.63) is 64.1 Å². The molecule has 5 heteroatoms. The molecule has 0 radical (unpaired) electrons. The lowest BCUT2D eigenvalue weighted by molar-refractivity contribution is -0.127. The van der Waals surface area contributed by atoms with Gasteiger partial charge in [-0.05, 0) is 42.0 Å². The molecule has 0 saturated carbocycles.